The number of ether oxygens (including phenoxy) is 1. The van der Waals surface area contributed by atoms with Crippen LogP contribution in [0.5, 0.6) is 0 Å². The van der Waals surface area contributed by atoms with Crippen LogP contribution in [0.3, 0.4) is 0 Å². The first kappa shape index (κ1) is 27.6. The van der Waals surface area contributed by atoms with Gasteiger partial charge in [-0.25, -0.2) is 9.48 Å². The van der Waals surface area contributed by atoms with Gasteiger partial charge in [0.15, 0.2) is 0 Å². The number of rotatable bonds is 6. The van der Waals surface area contributed by atoms with Crippen molar-refractivity contribution < 1.29 is 19.1 Å². The summed E-state index contributed by atoms with van der Waals surface area (Å²) in [4.78, 5) is 45.6. The first-order valence-corrected chi connectivity index (χ1v) is 14.3. The largest absolute Gasteiger partial charge is 0.467 e. The van der Waals surface area contributed by atoms with Crippen molar-refractivity contribution in [2.75, 3.05) is 19.0 Å². The van der Waals surface area contributed by atoms with Crippen molar-refractivity contribution in [2.24, 2.45) is 0 Å². The molecule has 0 radical (unpaired) electrons. The predicted octanol–water partition coefficient (Wildman–Crippen LogP) is 5.40. The second-order valence-corrected chi connectivity index (χ2v) is 11.4. The second kappa shape index (κ2) is 11.3. The zero-order valence-corrected chi connectivity index (χ0v) is 24.2. The van der Waals surface area contributed by atoms with E-state index in [1.165, 1.54) is 12.0 Å². The number of carbonyl (C=O) groups excluding carboxylic acids is 3. The van der Waals surface area contributed by atoms with Gasteiger partial charge in [-0.05, 0) is 36.1 Å². The van der Waals surface area contributed by atoms with Gasteiger partial charge in [0.25, 0.3) is 11.8 Å². The van der Waals surface area contributed by atoms with Crippen molar-refractivity contribution in [3.63, 3.8) is 0 Å². The zero-order chi connectivity index (χ0) is 29.4. The Bertz CT molecular complexity index is 1830. The minimum Gasteiger partial charge on any atom is -0.467 e. The summed E-state index contributed by atoms with van der Waals surface area (Å²) in [5, 5.41) is 14.4. The van der Waals surface area contributed by atoms with Crippen LogP contribution in [-0.4, -0.2) is 62.4 Å². The number of methoxy groups -OCH3 is 1. The Hall–Kier alpha value is -4.61. The smallest absolute Gasteiger partial charge is 0.328 e. The zero-order valence-electron chi connectivity index (χ0n) is 22.7. The summed E-state index contributed by atoms with van der Waals surface area (Å²) in [6.45, 7) is 2.02. The van der Waals surface area contributed by atoms with Gasteiger partial charge in [0.2, 0.25) is 0 Å². The number of halogens is 1. The van der Waals surface area contributed by atoms with Crippen molar-refractivity contribution in [2.45, 2.75) is 25.4 Å². The molecule has 2 aromatic carbocycles. The van der Waals surface area contributed by atoms with Gasteiger partial charge in [0.1, 0.15) is 11.7 Å². The predicted molar refractivity (Wildman–Crippen MR) is 160 cm³/mol. The summed E-state index contributed by atoms with van der Waals surface area (Å²) in [5.74, 6) is -1.21. The molecule has 1 fully saturated rings. The third kappa shape index (κ3) is 5.12. The maximum atomic E-state index is 13.8. The molecule has 0 spiro atoms. The van der Waals surface area contributed by atoms with Crippen LogP contribution in [-0.2, 0) is 9.53 Å². The molecule has 0 bridgehead atoms. The number of aromatic nitrogens is 4. The molecule has 12 heteroatoms. The number of pyridine rings is 1. The molecule has 3 aromatic heterocycles. The van der Waals surface area contributed by atoms with Crippen molar-refractivity contribution in [3.8, 4) is 11.3 Å². The van der Waals surface area contributed by atoms with E-state index in [0.717, 1.165) is 27.7 Å². The summed E-state index contributed by atoms with van der Waals surface area (Å²) in [7, 11) is 1.30. The Morgan fingerprint density at radius 1 is 1.10 bits per heavy atom. The van der Waals surface area contributed by atoms with Gasteiger partial charge < -0.3 is 15.0 Å². The van der Waals surface area contributed by atoms with Crippen LogP contribution in [0.4, 0.5) is 5.00 Å². The lowest BCUT2D eigenvalue weighted by atomic mass is 10.1. The third-order valence-corrected chi connectivity index (χ3v) is 8.78. The summed E-state index contributed by atoms with van der Waals surface area (Å²) >= 11 is 7.31. The van der Waals surface area contributed by atoms with E-state index < -0.39 is 12.0 Å². The molecule has 2 atom stereocenters. The molecular formula is C30H25ClN6O4S. The molecule has 1 saturated heterocycles. The fourth-order valence-electron chi connectivity index (χ4n) is 5.20. The van der Waals surface area contributed by atoms with Crippen LogP contribution in [0.2, 0.25) is 5.02 Å². The number of hydrogen-bond donors (Lipinski definition) is 1. The topological polar surface area (TPSA) is 119 Å². The minimum absolute atomic E-state index is 0.230. The molecule has 6 rings (SSSR count). The SMILES string of the molecule is COC(=O)[C@@H]1C[C@@H](n2cc(-c3cncc4ccccc34)nn2)CN1C(=O)c1sc(NC(=O)c2ccccc2Cl)cc1C. The maximum absolute atomic E-state index is 13.8. The van der Waals surface area contributed by atoms with E-state index in [1.807, 2.05) is 30.5 Å². The number of anilines is 1. The molecule has 0 saturated carbocycles. The molecular weight excluding hydrogens is 576 g/mol. The van der Waals surface area contributed by atoms with Gasteiger partial charge in [-0.15, -0.1) is 16.4 Å². The quantitative estimate of drug-likeness (QED) is 0.259. The summed E-state index contributed by atoms with van der Waals surface area (Å²) < 4.78 is 6.74. The fraction of sp³-hybridized carbons (Fsp3) is 0.200. The molecule has 212 valence electrons. The number of thiophene rings is 1. The van der Waals surface area contributed by atoms with E-state index in [9.17, 15) is 14.4 Å². The first-order valence-electron chi connectivity index (χ1n) is 13.1. The average molecular weight is 601 g/mol. The number of esters is 1. The summed E-state index contributed by atoms with van der Waals surface area (Å²) in [6.07, 6.45) is 5.68. The maximum Gasteiger partial charge on any atom is 0.328 e. The highest BCUT2D eigenvalue weighted by atomic mass is 35.5. The van der Waals surface area contributed by atoms with Gasteiger partial charge in [-0.1, -0.05) is 53.2 Å². The monoisotopic (exact) mass is 600 g/mol. The van der Waals surface area contributed by atoms with Crippen LogP contribution in [0, 0.1) is 6.92 Å². The average Bonchev–Trinajstić information content (AvgIpc) is 3.75. The van der Waals surface area contributed by atoms with E-state index in [-0.39, 0.29) is 24.4 Å². The molecule has 2 amide bonds. The molecule has 1 N–H and O–H groups in total. The van der Waals surface area contributed by atoms with E-state index in [4.69, 9.17) is 16.3 Å². The standard InChI is InChI=1S/C30H25ClN6O4S/c1-17-11-26(33-28(38)21-9-5-6-10-23(21)31)42-27(17)29(39)36-15-19(12-25(36)30(40)41-2)37-16-24(34-35-37)22-14-32-13-18-7-3-4-8-20(18)22/h3-11,13-14,16,19,25H,12,15H2,1-2H3,(H,33,38)/t19-,25+/m1/s1. The highest BCUT2D eigenvalue weighted by molar-refractivity contribution is 7.18. The lowest BCUT2D eigenvalue weighted by Gasteiger charge is -2.22. The van der Waals surface area contributed by atoms with Gasteiger partial charge in [0, 0.05) is 36.3 Å². The Labute approximate surface area is 249 Å². The highest BCUT2D eigenvalue weighted by Gasteiger charge is 2.42. The van der Waals surface area contributed by atoms with Crippen LogP contribution in [0.15, 0.2) is 73.2 Å². The number of fused-ring (bicyclic) bond motifs is 1. The summed E-state index contributed by atoms with van der Waals surface area (Å²) in [5.41, 5.74) is 2.50. The number of amides is 2. The van der Waals surface area contributed by atoms with Crippen LogP contribution < -0.4 is 5.32 Å². The number of aryl methyl sites for hydroxylation is 1. The van der Waals surface area contributed by atoms with E-state index in [1.54, 1.807) is 54.3 Å². The molecule has 1 aliphatic heterocycles. The van der Waals surface area contributed by atoms with Crippen molar-refractivity contribution >= 4 is 56.5 Å². The molecule has 1 aliphatic rings. The van der Waals surface area contributed by atoms with Crippen molar-refractivity contribution in [1.29, 1.82) is 0 Å². The minimum atomic E-state index is -0.804. The number of likely N-dealkylation sites (tertiary alicyclic amines) is 1. The molecule has 4 heterocycles. The van der Waals surface area contributed by atoms with Crippen LogP contribution in [0.1, 0.15) is 38.1 Å². The number of hydrogen-bond acceptors (Lipinski definition) is 8. The molecule has 42 heavy (non-hydrogen) atoms. The lowest BCUT2D eigenvalue weighted by Crippen LogP contribution is -2.41. The lowest BCUT2D eigenvalue weighted by molar-refractivity contribution is -0.145. The van der Waals surface area contributed by atoms with Crippen LogP contribution >= 0.6 is 22.9 Å². The Kier molecular flexibility index (Phi) is 7.44. The Morgan fingerprint density at radius 3 is 2.69 bits per heavy atom. The number of benzene rings is 2. The van der Waals surface area contributed by atoms with Crippen molar-refractivity contribution in [3.05, 3.63) is 94.2 Å². The normalized spacial score (nSPS) is 16.5. The Morgan fingerprint density at radius 2 is 1.88 bits per heavy atom. The second-order valence-electron chi connectivity index (χ2n) is 9.93. The Balaban J connectivity index is 1.24. The summed E-state index contributed by atoms with van der Waals surface area (Å²) in [6, 6.07) is 15.3. The first-order chi connectivity index (χ1) is 20.3. The number of nitrogens with zero attached hydrogens (tertiary/aromatic N) is 5. The molecule has 10 nitrogen and oxygen atoms in total. The van der Waals surface area contributed by atoms with Gasteiger partial charge in [0.05, 0.1) is 39.8 Å². The van der Waals surface area contributed by atoms with Gasteiger partial charge in [-0.2, -0.15) is 0 Å². The van der Waals surface area contributed by atoms with E-state index in [2.05, 4.69) is 20.6 Å². The van der Waals surface area contributed by atoms with Crippen molar-refractivity contribution in [1.82, 2.24) is 24.9 Å². The van der Waals surface area contributed by atoms with Gasteiger partial charge >= 0.3 is 5.97 Å². The molecule has 0 aliphatic carbocycles. The van der Waals surface area contributed by atoms with E-state index >= 15 is 0 Å². The molecule has 5 aromatic rings. The number of carbonyl (C=O) groups is 3. The third-order valence-electron chi connectivity index (χ3n) is 7.31. The highest BCUT2D eigenvalue weighted by Crippen LogP contribution is 2.35. The van der Waals surface area contributed by atoms with Gasteiger partial charge in [-0.3, -0.25) is 14.6 Å². The molecule has 0 unspecified atom stereocenters. The number of nitrogens with one attached hydrogen (secondary N) is 1. The fourth-order valence-corrected chi connectivity index (χ4v) is 6.45. The van der Waals surface area contributed by atoms with Crippen LogP contribution in [0.25, 0.3) is 22.0 Å². The van der Waals surface area contributed by atoms with E-state index in [0.29, 0.717) is 38.1 Å².